The summed E-state index contributed by atoms with van der Waals surface area (Å²) < 4.78 is 42.6. The van der Waals surface area contributed by atoms with Gasteiger partial charge in [-0.15, -0.1) is 0 Å². The SMILES string of the molecule is CC1(C)CC=CC=C1C1=CN(C(=O)C(F)(F)F)C=CO1. The molecule has 0 aromatic rings. The van der Waals surface area contributed by atoms with Crippen LogP contribution in [0.5, 0.6) is 0 Å². The number of hydrogen-bond donors (Lipinski definition) is 0. The van der Waals surface area contributed by atoms with E-state index in [0.717, 1.165) is 30.7 Å². The van der Waals surface area contributed by atoms with E-state index < -0.39 is 12.1 Å². The molecule has 2 rings (SSSR count). The predicted molar refractivity (Wildman–Crippen MR) is 66.8 cm³/mol. The lowest BCUT2D eigenvalue weighted by atomic mass is 9.77. The molecule has 0 spiro atoms. The molecule has 0 fully saturated rings. The van der Waals surface area contributed by atoms with Gasteiger partial charge in [0.2, 0.25) is 0 Å². The lowest BCUT2D eigenvalue weighted by Crippen LogP contribution is -2.36. The van der Waals surface area contributed by atoms with Crippen molar-refractivity contribution in [3.8, 4) is 0 Å². The van der Waals surface area contributed by atoms with Crippen molar-refractivity contribution in [1.29, 1.82) is 0 Å². The molecule has 0 unspecified atom stereocenters. The first-order chi connectivity index (χ1) is 9.22. The Bertz CT molecular complexity index is 539. The van der Waals surface area contributed by atoms with Crippen molar-refractivity contribution < 1.29 is 22.7 Å². The van der Waals surface area contributed by atoms with E-state index in [2.05, 4.69) is 0 Å². The van der Waals surface area contributed by atoms with E-state index >= 15 is 0 Å². The van der Waals surface area contributed by atoms with Gasteiger partial charge in [0.1, 0.15) is 12.0 Å². The number of carbonyl (C=O) groups is 1. The number of hydrogen-bond acceptors (Lipinski definition) is 2. The maximum atomic E-state index is 12.4. The molecule has 1 aliphatic carbocycles. The van der Waals surface area contributed by atoms with Crippen LogP contribution in [-0.4, -0.2) is 17.0 Å². The smallest absolute Gasteiger partial charge is 0.462 e. The predicted octanol–water partition coefficient (Wildman–Crippen LogP) is 3.63. The third kappa shape index (κ3) is 2.79. The largest absolute Gasteiger partial charge is 0.472 e. The molecule has 0 saturated heterocycles. The maximum absolute atomic E-state index is 12.4. The lowest BCUT2D eigenvalue weighted by molar-refractivity contribution is -0.180. The Balaban J connectivity index is 2.30. The number of alkyl halides is 3. The number of amides is 1. The molecule has 0 N–H and O–H groups in total. The van der Waals surface area contributed by atoms with E-state index in [1.54, 1.807) is 6.08 Å². The highest BCUT2D eigenvalue weighted by atomic mass is 19.4. The second-order valence-electron chi connectivity index (χ2n) is 5.20. The Morgan fingerprint density at radius 1 is 1.40 bits per heavy atom. The van der Waals surface area contributed by atoms with Gasteiger partial charge >= 0.3 is 12.1 Å². The standard InChI is InChI=1S/C14H14F3NO2/c1-13(2)6-4-3-5-10(13)11-9-18(7-8-20-11)12(19)14(15,16)17/h3-5,7-9H,6H2,1-2H3. The molecule has 0 bridgehead atoms. The molecule has 20 heavy (non-hydrogen) atoms. The van der Waals surface area contributed by atoms with Crippen LogP contribution in [0.3, 0.4) is 0 Å². The first-order valence-electron chi connectivity index (χ1n) is 6.04. The maximum Gasteiger partial charge on any atom is 0.472 e. The summed E-state index contributed by atoms with van der Waals surface area (Å²) in [6.07, 6.45) is 4.50. The molecule has 108 valence electrons. The van der Waals surface area contributed by atoms with Crippen LogP contribution in [0, 0.1) is 5.41 Å². The van der Waals surface area contributed by atoms with Crippen molar-refractivity contribution in [3.63, 3.8) is 0 Å². The number of nitrogens with zero attached hydrogens (tertiary/aromatic N) is 1. The van der Waals surface area contributed by atoms with Crippen LogP contribution in [0.1, 0.15) is 20.3 Å². The van der Waals surface area contributed by atoms with E-state index in [1.165, 1.54) is 0 Å². The van der Waals surface area contributed by atoms with Crippen LogP contribution >= 0.6 is 0 Å². The lowest BCUT2D eigenvalue weighted by Gasteiger charge is -2.31. The third-order valence-corrected chi connectivity index (χ3v) is 3.17. The Hall–Kier alpha value is -1.98. The van der Waals surface area contributed by atoms with E-state index in [-0.39, 0.29) is 11.2 Å². The normalized spacial score (nSPS) is 21.1. The average Bonchev–Trinajstić information content (AvgIpc) is 2.36. The molecule has 6 heteroatoms. The minimum Gasteiger partial charge on any atom is -0.462 e. The van der Waals surface area contributed by atoms with Crippen LogP contribution in [0.25, 0.3) is 0 Å². The summed E-state index contributed by atoms with van der Waals surface area (Å²) in [6, 6.07) is 0. The summed E-state index contributed by atoms with van der Waals surface area (Å²) >= 11 is 0. The van der Waals surface area contributed by atoms with Gasteiger partial charge in [0.15, 0.2) is 0 Å². The summed E-state index contributed by atoms with van der Waals surface area (Å²) in [7, 11) is 0. The Morgan fingerprint density at radius 3 is 2.70 bits per heavy atom. The van der Waals surface area contributed by atoms with Crippen LogP contribution in [0.4, 0.5) is 13.2 Å². The van der Waals surface area contributed by atoms with Crippen LogP contribution in [-0.2, 0) is 9.53 Å². The van der Waals surface area contributed by atoms with Gasteiger partial charge in [-0.05, 0) is 11.8 Å². The fraction of sp³-hybridized carbons (Fsp3) is 0.357. The highest BCUT2D eigenvalue weighted by molar-refractivity contribution is 5.84. The molecule has 0 saturated carbocycles. The summed E-state index contributed by atoms with van der Waals surface area (Å²) in [5, 5.41) is 0. The number of halogens is 3. The van der Waals surface area contributed by atoms with E-state index in [1.807, 2.05) is 26.0 Å². The first kappa shape index (κ1) is 14.4. The van der Waals surface area contributed by atoms with Crippen LogP contribution in [0.2, 0.25) is 0 Å². The Labute approximate surface area is 114 Å². The molecule has 1 amide bonds. The minimum atomic E-state index is -4.92. The summed E-state index contributed by atoms with van der Waals surface area (Å²) in [5.74, 6) is -1.70. The highest BCUT2D eigenvalue weighted by Gasteiger charge is 2.42. The van der Waals surface area contributed by atoms with Gasteiger partial charge in [-0.3, -0.25) is 9.69 Å². The summed E-state index contributed by atoms with van der Waals surface area (Å²) in [4.78, 5) is 11.7. The van der Waals surface area contributed by atoms with Gasteiger partial charge in [-0.2, -0.15) is 13.2 Å². The van der Waals surface area contributed by atoms with Gasteiger partial charge < -0.3 is 4.74 Å². The zero-order valence-electron chi connectivity index (χ0n) is 11.1. The third-order valence-electron chi connectivity index (χ3n) is 3.17. The number of allylic oxidation sites excluding steroid dienone is 4. The summed E-state index contributed by atoms with van der Waals surface area (Å²) in [5.41, 5.74) is 0.489. The number of carbonyl (C=O) groups excluding carboxylic acids is 1. The topological polar surface area (TPSA) is 29.5 Å². The van der Waals surface area contributed by atoms with Gasteiger partial charge in [0.05, 0.1) is 6.20 Å². The van der Waals surface area contributed by atoms with Gasteiger partial charge in [0, 0.05) is 11.8 Å². The molecule has 0 atom stereocenters. The van der Waals surface area contributed by atoms with Crippen molar-refractivity contribution in [1.82, 2.24) is 4.90 Å². The molecule has 0 aromatic carbocycles. The van der Waals surface area contributed by atoms with Crippen molar-refractivity contribution in [2.75, 3.05) is 0 Å². The zero-order valence-corrected chi connectivity index (χ0v) is 11.1. The average molecular weight is 285 g/mol. The van der Waals surface area contributed by atoms with Gasteiger partial charge in [0.25, 0.3) is 0 Å². The van der Waals surface area contributed by atoms with E-state index in [4.69, 9.17) is 4.74 Å². The Morgan fingerprint density at radius 2 is 2.10 bits per heavy atom. The molecule has 0 radical (unpaired) electrons. The molecular weight excluding hydrogens is 271 g/mol. The number of ether oxygens (including phenoxy) is 1. The molecule has 1 aliphatic heterocycles. The van der Waals surface area contributed by atoms with Crippen molar-refractivity contribution in [3.05, 3.63) is 48.2 Å². The van der Waals surface area contributed by atoms with Gasteiger partial charge in [-0.25, -0.2) is 0 Å². The molecule has 1 heterocycles. The number of rotatable bonds is 1. The quantitative estimate of drug-likeness (QED) is 0.736. The molecule has 2 aliphatic rings. The van der Waals surface area contributed by atoms with E-state index in [9.17, 15) is 18.0 Å². The summed E-state index contributed by atoms with van der Waals surface area (Å²) in [6.45, 7) is 3.92. The molecule has 3 nitrogen and oxygen atoms in total. The van der Waals surface area contributed by atoms with E-state index in [0.29, 0.717) is 4.90 Å². The fourth-order valence-corrected chi connectivity index (χ4v) is 2.05. The van der Waals surface area contributed by atoms with Crippen molar-refractivity contribution >= 4 is 5.91 Å². The van der Waals surface area contributed by atoms with Crippen LogP contribution in [0.15, 0.2) is 48.2 Å². The fourth-order valence-electron chi connectivity index (χ4n) is 2.05. The minimum absolute atomic E-state index is 0.249. The van der Waals surface area contributed by atoms with Crippen molar-refractivity contribution in [2.24, 2.45) is 5.41 Å². The Kier molecular flexibility index (Phi) is 3.50. The van der Waals surface area contributed by atoms with Gasteiger partial charge in [-0.1, -0.05) is 32.1 Å². The monoisotopic (exact) mass is 285 g/mol. The first-order valence-corrected chi connectivity index (χ1v) is 6.04. The van der Waals surface area contributed by atoms with Crippen LogP contribution < -0.4 is 0 Å². The zero-order chi connectivity index (χ0) is 15.0. The molecule has 0 aromatic heterocycles. The second kappa shape index (κ2) is 4.85. The van der Waals surface area contributed by atoms with Crippen molar-refractivity contribution in [2.45, 2.75) is 26.4 Å². The molecular formula is C14H14F3NO2. The second-order valence-corrected chi connectivity index (χ2v) is 5.20. The highest BCUT2D eigenvalue weighted by Crippen LogP contribution is 2.39.